The number of rotatable bonds is 6. The van der Waals surface area contributed by atoms with Crippen molar-refractivity contribution in [3.63, 3.8) is 0 Å². The van der Waals surface area contributed by atoms with Crippen LogP contribution in [0.25, 0.3) is 0 Å². The van der Waals surface area contributed by atoms with Gasteiger partial charge in [-0.25, -0.2) is 12.8 Å². The van der Waals surface area contributed by atoms with Crippen molar-refractivity contribution in [2.75, 3.05) is 17.1 Å². The van der Waals surface area contributed by atoms with Gasteiger partial charge >= 0.3 is 0 Å². The number of aryl methyl sites for hydroxylation is 1. The summed E-state index contributed by atoms with van der Waals surface area (Å²) in [6, 6.07) is 12.4. The number of nitrogens with zero attached hydrogens (tertiary/aromatic N) is 2. The monoisotopic (exact) mass is 375 g/mol. The minimum absolute atomic E-state index is 0.149. The summed E-state index contributed by atoms with van der Waals surface area (Å²) in [5.41, 5.74) is 1.69. The van der Waals surface area contributed by atoms with Crippen LogP contribution in [-0.4, -0.2) is 27.1 Å². The highest BCUT2D eigenvalue weighted by Gasteiger charge is 2.21. The second-order valence-corrected chi connectivity index (χ2v) is 7.70. The predicted molar refractivity (Wildman–Crippen MR) is 96.3 cm³/mol. The van der Waals surface area contributed by atoms with E-state index in [1.165, 1.54) is 18.2 Å². The van der Waals surface area contributed by atoms with E-state index in [1.54, 1.807) is 31.2 Å². The average molecular weight is 375 g/mol. The van der Waals surface area contributed by atoms with Crippen LogP contribution in [0.15, 0.2) is 42.5 Å². The number of sulfonamides is 1. The van der Waals surface area contributed by atoms with Gasteiger partial charge in [0.15, 0.2) is 0 Å². The molecule has 0 aliphatic carbocycles. The highest BCUT2D eigenvalue weighted by atomic mass is 32.2. The predicted octanol–water partition coefficient (Wildman–Crippen LogP) is 2.09. The van der Waals surface area contributed by atoms with Gasteiger partial charge in [-0.1, -0.05) is 18.2 Å². The second kappa shape index (κ2) is 7.97. The van der Waals surface area contributed by atoms with E-state index in [1.807, 2.05) is 6.07 Å². The Morgan fingerprint density at radius 2 is 2.00 bits per heavy atom. The summed E-state index contributed by atoms with van der Waals surface area (Å²) in [4.78, 5) is 12.2. The molecular formula is C18H18FN3O3S. The van der Waals surface area contributed by atoms with Crippen LogP contribution in [0.3, 0.4) is 0 Å². The minimum Gasteiger partial charge on any atom is -0.350 e. The van der Waals surface area contributed by atoms with Crippen LogP contribution in [0.1, 0.15) is 16.7 Å². The number of nitriles is 1. The molecule has 0 aromatic heterocycles. The van der Waals surface area contributed by atoms with Crippen LogP contribution in [0.4, 0.5) is 10.1 Å². The Morgan fingerprint density at radius 1 is 1.27 bits per heavy atom. The maximum atomic E-state index is 13.3. The first-order chi connectivity index (χ1) is 12.2. The summed E-state index contributed by atoms with van der Waals surface area (Å²) in [5, 5.41) is 11.6. The fraction of sp³-hybridized carbons (Fsp3) is 0.222. The molecule has 0 saturated carbocycles. The second-order valence-electron chi connectivity index (χ2n) is 5.79. The van der Waals surface area contributed by atoms with Crippen LogP contribution in [0, 0.1) is 24.1 Å². The molecule has 0 heterocycles. The van der Waals surface area contributed by atoms with Crippen molar-refractivity contribution >= 4 is 21.6 Å². The van der Waals surface area contributed by atoms with Gasteiger partial charge < -0.3 is 5.32 Å². The number of hydrogen-bond acceptors (Lipinski definition) is 4. The molecule has 8 heteroatoms. The number of halogens is 1. The summed E-state index contributed by atoms with van der Waals surface area (Å²) in [5.74, 6) is -0.847. The number of hydrogen-bond donors (Lipinski definition) is 1. The molecule has 0 aliphatic heterocycles. The zero-order valence-electron chi connectivity index (χ0n) is 14.4. The van der Waals surface area contributed by atoms with Crippen LogP contribution >= 0.6 is 0 Å². The number of amides is 1. The molecule has 1 amide bonds. The number of nitrogens with one attached hydrogen (secondary N) is 1. The summed E-state index contributed by atoms with van der Waals surface area (Å²) in [6.45, 7) is 1.35. The molecule has 0 fully saturated rings. The first kappa shape index (κ1) is 19.4. The average Bonchev–Trinajstić information content (AvgIpc) is 2.59. The van der Waals surface area contributed by atoms with E-state index in [9.17, 15) is 17.6 Å². The number of carbonyl (C=O) groups excluding carboxylic acids is 1. The molecule has 26 heavy (non-hydrogen) atoms. The zero-order valence-corrected chi connectivity index (χ0v) is 15.2. The normalized spacial score (nSPS) is 10.8. The molecular weight excluding hydrogens is 357 g/mol. The van der Waals surface area contributed by atoms with Gasteiger partial charge in [0, 0.05) is 6.54 Å². The summed E-state index contributed by atoms with van der Waals surface area (Å²) in [6.07, 6.45) is 0.989. The maximum Gasteiger partial charge on any atom is 0.241 e. The first-order valence-corrected chi connectivity index (χ1v) is 9.55. The number of carbonyl (C=O) groups is 1. The highest BCUT2D eigenvalue weighted by molar-refractivity contribution is 7.92. The van der Waals surface area contributed by atoms with Crippen LogP contribution in [-0.2, 0) is 21.4 Å². The van der Waals surface area contributed by atoms with E-state index < -0.39 is 22.5 Å². The molecule has 136 valence electrons. The Bertz CT molecular complexity index is 968. The van der Waals surface area contributed by atoms with Crippen molar-refractivity contribution < 1.29 is 17.6 Å². The van der Waals surface area contributed by atoms with Gasteiger partial charge in [0.1, 0.15) is 12.4 Å². The third-order valence-corrected chi connectivity index (χ3v) is 4.80. The first-order valence-electron chi connectivity index (χ1n) is 7.70. The third kappa shape index (κ3) is 5.04. The van der Waals surface area contributed by atoms with E-state index >= 15 is 0 Å². The quantitative estimate of drug-likeness (QED) is 0.837. The van der Waals surface area contributed by atoms with Crippen molar-refractivity contribution in [2.24, 2.45) is 0 Å². The molecule has 0 aliphatic rings. The Morgan fingerprint density at radius 3 is 2.62 bits per heavy atom. The fourth-order valence-electron chi connectivity index (χ4n) is 2.33. The lowest BCUT2D eigenvalue weighted by Crippen LogP contribution is -2.40. The number of benzene rings is 2. The molecule has 0 atom stereocenters. The molecule has 6 nitrogen and oxygen atoms in total. The minimum atomic E-state index is -3.72. The Labute approximate surface area is 151 Å². The van der Waals surface area contributed by atoms with Crippen molar-refractivity contribution in [1.29, 1.82) is 5.26 Å². The lowest BCUT2D eigenvalue weighted by Gasteiger charge is -2.22. The van der Waals surface area contributed by atoms with Crippen LogP contribution in [0.5, 0.6) is 0 Å². The van der Waals surface area contributed by atoms with E-state index in [2.05, 4.69) is 5.32 Å². The summed E-state index contributed by atoms with van der Waals surface area (Å²) in [7, 11) is -3.72. The molecule has 2 aromatic rings. The molecule has 0 spiro atoms. The van der Waals surface area contributed by atoms with Gasteiger partial charge in [-0.15, -0.1) is 0 Å². The van der Waals surface area contributed by atoms with E-state index in [-0.39, 0.29) is 18.0 Å². The van der Waals surface area contributed by atoms with E-state index in [0.717, 1.165) is 10.6 Å². The molecule has 2 rings (SSSR count). The molecule has 2 aromatic carbocycles. The van der Waals surface area contributed by atoms with Gasteiger partial charge in [-0.2, -0.15) is 5.26 Å². The van der Waals surface area contributed by atoms with Gasteiger partial charge in [-0.05, 0) is 42.3 Å². The third-order valence-electron chi connectivity index (χ3n) is 3.66. The Balaban J connectivity index is 2.12. The maximum absolute atomic E-state index is 13.3. The SMILES string of the molecule is Cc1cc(CNC(=O)CN(c2cccc(C#N)c2)S(C)(=O)=O)ccc1F. The summed E-state index contributed by atoms with van der Waals surface area (Å²) >= 11 is 0. The lowest BCUT2D eigenvalue weighted by atomic mass is 10.1. The van der Waals surface area contributed by atoms with Crippen molar-refractivity contribution in [3.8, 4) is 6.07 Å². The largest absolute Gasteiger partial charge is 0.350 e. The Kier molecular flexibility index (Phi) is 5.95. The Hall–Kier alpha value is -2.92. The van der Waals surface area contributed by atoms with E-state index in [0.29, 0.717) is 16.7 Å². The van der Waals surface area contributed by atoms with E-state index in [4.69, 9.17) is 5.26 Å². The fourth-order valence-corrected chi connectivity index (χ4v) is 3.18. The lowest BCUT2D eigenvalue weighted by molar-refractivity contribution is -0.119. The topological polar surface area (TPSA) is 90.3 Å². The molecule has 0 saturated heterocycles. The van der Waals surface area contributed by atoms with Gasteiger partial charge in [0.05, 0.1) is 23.6 Å². The van der Waals surface area contributed by atoms with Gasteiger partial charge in [0.2, 0.25) is 15.9 Å². The molecule has 1 N–H and O–H groups in total. The van der Waals surface area contributed by atoms with Gasteiger partial charge in [0.25, 0.3) is 0 Å². The van der Waals surface area contributed by atoms with Crippen LogP contribution in [0.2, 0.25) is 0 Å². The smallest absolute Gasteiger partial charge is 0.241 e. The van der Waals surface area contributed by atoms with Crippen LogP contribution < -0.4 is 9.62 Å². The molecule has 0 unspecified atom stereocenters. The van der Waals surface area contributed by atoms with Crippen molar-refractivity contribution in [1.82, 2.24) is 5.32 Å². The zero-order chi connectivity index (χ0) is 19.3. The highest BCUT2D eigenvalue weighted by Crippen LogP contribution is 2.18. The van der Waals surface area contributed by atoms with Gasteiger partial charge in [-0.3, -0.25) is 9.10 Å². The van der Waals surface area contributed by atoms with Crippen molar-refractivity contribution in [2.45, 2.75) is 13.5 Å². The molecule has 0 radical (unpaired) electrons. The molecule has 0 bridgehead atoms. The summed E-state index contributed by atoms with van der Waals surface area (Å²) < 4.78 is 38.3. The standard InChI is InChI=1S/C18H18FN3O3S/c1-13-8-15(6-7-17(13)19)11-21-18(23)12-22(26(2,24)25)16-5-3-4-14(9-16)10-20/h3-9H,11-12H2,1-2H3,(H,21,23). The number of anilines is 1. The van der Waals surface area contributed by atoms with Crippen molar-refractivity contribution in [3.05, 3.63) is 65.0 Å².